The predicted octanol–water partition coefficient (Wildman–Crippen LogP) is 3.06. The number of hydrogen-bond acceptors (Lipinski definition) is 3. The summed E-state index contributed by atoms with van der Waals surface area (Å²) in [5.74, 6) is 0.323. The largest absolute Gasteiger partial charge is 0.417 e. The fourth-order valence-electron chi connectivity index (χ4n) is 1.42. The Morgan fingerprint density at radius 1 is 1.22 bits per heavy atom. The van der Waals surface area contributed by atoms with Crippen LogP contribution >= 0.6 is 0 Å². The minimum atomic E-state index is -4.38. The monoisotopic (exact) mass is 262 g/mol. The first-order valence-corrected chi connectivity index (χ1v) is 5.80. The lowest BCUT2D eigenvalue weighted by atomic mass is 9.98. The van der Waals surface area contributed by atoms with Crippen molar-refractivity contribution < 1.29 is 18.3 Å². The van der Waals surface area contributed by atoms with E-state index in [1.807, 2.05) is 13.8 Å². The third kappa shape index (κ3) is 3.87. The van der Waals surface area contributed by atoms with Gasteiger partial charge in [0.15, 0.2) is 0 Å². The smallest absolute Gasteiger partial charge is 0.388 e. The standard InChI is InChI=1S/C12H17F3N2O/c1-3-11(18,4-2)8-17-10-6-5-9(7-16-10)12(13,14)15/h5-7,18H,3-4,8H2,1-2H3,(H,16,17). The Kier molecular flexibility index (Phi) is 4.56. The molecule has 0 aliphatic heterocycles. The molecule has 18 heavy (non-hydrogen) atoms. The molecule has 0 amide bonds. The molecule has 2 N–H and O–H groups in total. The van der Waals surface area contributed by atoms with E-state index in [4.69, 9.17) is 0 Å². The number of rotatable bonds is 5. The zero-order chi connectivity index (χ0) is 13.8. The van der Waals surface area contributed by atoms with Gasteiger partial charge in [-0.2, -0.15) is 13.2 Å². The van der Waals surface area contributed by atoms with Crippen molar-refractivity contribution in [3.63, 3.8) is 0 Å². The minimum absolute atomic E-state index is 0.262. The summed E-state index contributed by atoms with van der Waals surface area (Å²) in [5, 5.41) is 12.8. The van der Waals surface area contributed by atoms with E-state index in [0.717, 1.165) is 12.3 Å². The Hall–Kier alpha value is -1.30. The zero-order valence-electron chi connectivity index (χ0n) is 10.4. The number of nitrogens with one attached hydrogen (secondary N) is 1. The van der Waals surface area contributed by atoms with Crippen LogP contribution in [-0.4, -0.2) is 22.2 Å². The second-order valence-corrected chi connectivity index (χ2v) is 4.21. The second kappa shape index (κ2) is 5.56. The van der Waals surface area contributed by atoms with E-state index in [1.54, 1.807) is 0 Å². The minimum Gasteiger partial charge on any atom is -0.388 e. The summed E-state index contributed by atoms with van der Waals surface area (Å²) in [6.45, 7) is 3.97. The zero-order valence-corrected chi connectivity index (χ0v) is 10.4. The number of aliphatic hydroxyl groups is 1. The molecule has 0 aliphatic rings. The van der Waals surface area contributed by atoms with Crippen molar-refractivity contribution in [3.8, 4) is 0 Å². The van der Waals surface area contributed by atoms with Gasteiger partial charge in [0.25, 0.3) is 0 Å². The molecule has 0 radical (unpaired) electrons. The summed E-state index contributed by atoms with van der Waals surface area (Å²) in [6.07, 6.45) is -2.47. The van der Waals surface area contributed by atoms with Gasteiger partial charge < -0.3 is 10.4 Å². The van der Waals surface area contributed by atoms with Crippen LogP contribution in [-0.2, 0) is 6.18 Å². The molecule has 1 heterocycles. The first kappa shape index (κ1) is 14.8. The molecule has 1 aromatic rings. The number of halogens is 3. The Balaban J connectivity index is 2.65. The molecule has 0 aromatic carbocycles. The highest BCUT2D eigenvalue weighted by Crippen LogP contribution is 2.28. The van der Waals surface area contributed by atoms with Crippen molar-refractivity contribution in [3.05, 3.63) is 23.9 Å². The third-order valence-electron chi connectivity index (χ3n) is 3.01. The van der Waals surface area contributed by atoms with Crippen LogP contribution in [0.2, 0.25) is 0 Å². The van der Waals surface area contributed by atoms with Gasteiger partial charge in [-0.1, -0.05) is 13.8 Å². The van der Waals surface area contributed by atoms with E-state index in [2.05, 4.69) is 10.3 Å². The average molecular weight is 262 g/mol. The summed E-state index contributed by atoms with van der Waals surface area (Å²) in [4.78, 5) is 3.67. The molecule has 0 unspecified atom stereocenters. The summed E-state index contributed by atoms with van der Waals surface area (Å²) < 4.78 is 36.9. The number of alkyl halides is 3. The number of nitrogens with zero attached hydrogens (tertiary/aromatic N) is 1. The van der Waals surface area contributed by atoms with Gasteiger partial charge >= 0.3 is 6.18 Å². The molecular weight excluding hydrogens is 245 g/mol. The van der Waals surface area contributed by atoms with Gasteiger partial charge in [0.1, 0.15) is 5.82 Å². The van der Waals surface area contributed by atoms with Crippen LogP contribution in [0, 0.1) is 0 Å². The van der Waals surface area contributed by atoms with E-state index >= 15 is 0 Å². The van der Waals surface area contributed by atoms with Crippen LogP contribution < -0.4 is 5.32 Å². The Morgan fingerprint density at radius 3 is 2.22 bits per heavy atom. The first-order chi connectivity index (χ1) is 8.30. The molecule has 0 saturated heterocycles. The van der Waals surface area contributed by atoms with Crippen LogP contribution in [0.3, 0.4) is 0 Å². The van der Waals surface area contributed by atoms with Gasteiger partial charge in [0.05, 0.1) is 11.2 Å². The lowest BCUT2D eigenvalue weighted by Crippen LogP contribution is -2.35. The lowest BCUT2D eigenvalue weighted by molar-refractivity contribution is -0.137. The van der Waals surface area contributed by atoms with Crippen molar-refractivity contribution in [1.82, 2.24) is 4.98 Å². The molecule has 0 saturated carbocycles. The topological polar surface area (TPSA) is 45.1 Å². The highest BCUT2D eigenvalue weighted by molar-refractivity contribution is 5.36. The molecule has 0 fully saturated rings. The highest BCUT2D eigenvalue weighted by atomic mass is 19.4. The average Bonchev–Trinajstić information content (AvgIpc) is 2.35. The summed E-state index contributed by atoms with van der Waals surface area (Å²) >= 11 is 0. The predicted molar refractivity (Wildman–Crippen MR) is 63.3 cm³/mol. The van der Waals surface area contributed by atoms with Crippen LogP contribution in [0.15, 0.2) is 18.3 Å². The van der Waals surface area contributed by atoms with Crippen molar-refractivity contribution in [2.45, 2.75) is 38.5 Å². The van der Waals surface area contributed by atoms with Gasteiger partial charge in [-0.15, -0.1) is 0 Å². The number of aromatic nitrogens is 1. The number of anilines is 1. The van der Waals surface area contributed by atoms with Gasteiger partial charge in [-0.3, -0.25) is 0 Å². The summed E-state index contributed by atoms with van der Waals surface area (Å²) in [6, 6.07) is 2.22. The van der Waals surface area contributed by atoms with E-state index in [0.29, 0.717) is 18.7 Å². The maximum absolute atomic E-state index is 12.3. The molecule has 0 bridgehead atoms. The first-order valence-electron chi connectivity index (χ1n) is 5.80. The van der Waals surface area contributed by atoms with Crippen molar-refractivity contribution >= 4 is 5.82 Å². The molecule has 6 heteroatoms. The van der Waals surface area contributed by atoms with Crippen LogP contribution in [0.1, 0.15) is 32.3 Å². The van der Waals surface area contributed by atoms with E-state index in [-0.39, 0.29) is 6.54 Å². The number of pyridine rings is 1. The summed E-state index contributed by atoms with van der Waals surface area (Å²) in [5.41, 5.74) is -1.64. The quantitative estimate of drug-likeness (QED) is 0.857. The molecule has 0 aliphatic carbocycles. The lowest BCUT2D eigenvalue weighted by Gasteiger charge is -2.25. The van der Waals surface area contributed by atoms with E-state index in [9.17, 15) is 18.3 Å². The fourth-order valence-corrected chi connectivity index (χ4v) is 1.42. The van der Waals surface area contributed by atoms with Crippen molar-refractivity contribution in [2.75, 3.05) is 11.9 Å². The van der Waals surface area contributed by atoms with Gasteiger partial charge in [-0.05, 0) is 25.0 Å². The van der Waals surface area contributed by atoms with Crippen LogP contribution in [0.5, 0.6) is 0 Å². The van der Waals surface area contributed by atoms with Gasteiger partial charge in [0, 0.05) is 12.7 Å². The Labute approximate surface area is 104 Å². The normalized spacial score (nSPS) is 12.6. The van der Waals surface area contributed by atoms with Gasteiger partial charge in [-0.25, -0.2) is 4.98 Å². The van der Waals surface area contributed by atoms with Gasteiger partial charge in [0.2, 0.25) is 0 Å². The Bertz CT molecular complexity index is 372. The molecule has 1 aromatic heterocycles. The molecular formula is C12H17F3N2O. The molecule has 3 nitrogen and oxygen atoms in total. The summed E-state index contributed by atoms with van der Waals surface area (Å²) in [7, 11) is 0. The van der Waals surface area contributed by atoms with E-state index in [1.165, 1.54) is 6.07 Å². The Morgan fingerprint density at radius 2 is 1.83 bits per heavy atom. The van der Waals surface area contributed by atoms with Crippen LogP contribution in [0.25, 0.3) is 0 Å². The molecule has 0 atom stereocenters. The highest BCUT2D eigenvalue weighted by Gasteiger charge is 2.30. The maximum atomic E-state index is 12.3. The SMILES string of the molecule is CCC(O)(CC)CNc1ccc(C(F)(F)F)cn1. The number of hydrogen-bond donors (Lipinski definition) is 2. The molecule has 0 spiro atoms. The second-order valence-electron chi connectivity index (χ2n) is 4.21. The fraction of sp³-hybridized carbons (Fsp3) is 0.583. The molecule has 102 valence electrons. The van der Waals surface area contributed by atoms with Crippen molar-refractivity contribution in [1.29, 1.82) is 0 Å². The van der Waals surface area contributed by atoms with E-state index < -0.39 is 17.3 Å². The maximum Gasteiger partial charge on any atom is 0.417 e. The molecule has 1 rings (SSSR count). The van der Waals surface area contributed by atoms with Crippen LogP contribution in [0.4, 0.5) is 19.0 Å². The van der Waals surface area contributed by atoms with Crippen molar-refractivity contribution in [2.24, 2.45) is 0 Å². The third-order valence-corrected chi connectivity index (χ3v) is 3.01.